The van der Waals surface area contributed by atoms with E-state index in [-0.39, 0.29) is 52.7 Å². The summed E-state index contributed by atoms with van der Waals surface area (Å²) >= 11 is 1.42. The number of halogens is 5. The Labute approximate surface area is 532 Å². The molecular formula is C65H77F5N8O10S3. The fraction of sp³-hybridized carbons (Fsp3) is 0.523. The standard InChI is InChI=1S/C65H77F5N8O10S3/c1-62(2)24-22-44(50(37-62)63-40-64(41-63,42-63)61(66)67)38-76-31-33-77(34-32-76)46-16-14-43(15-17-46)57(80)73-91(86,87)48-18-19-51(54(36-48)90(84,85)65(68,69)70)71-45(39-89-47-10-5-3-6-11-47)23-26-75-29-27-74(28-30-75)25-7-4-8-35-88-53-13-9-12-49-56(53)60(83)78(59(49)82)52-20-21-55(79)72-58(52)81/h3,5-6,9-19,36,45,52,61,71H,4,7-8,20-35,37-42H2,1-2H3,(H,73,80)(H,72,79,81)/t45-,52?,63?,64?/m1/s1. The van der Waals surface area contributed by atoms with E-state index in [1.54, 1.807) is 24.3 Å². The molecular weight excluding hydrogens is 1240 g/mol. The predicted octanol–water partition coefficient (Wildman–Crippen LogP) is 9.39. The number of thioether (sulfide) groups is 1. The van der Waals surface area contributed by atoms with Crippen LogP contribution in [-0.4, -0.2) is 174 Å². The summed E-state index contributed by atoms with van der Waals surface area (Å²) in [6.07, 6.45) is 5.19. The Morgan fingerprint density at radius 2 is 1.46 bits per heavy atom. The van der Waals surface area contributed by atoms with Crippen molar-refractivity contribution in [2.45, 2.75) is 130 Å². The van der Waals surface area contributed by atoms with E-state index in [9.17, 15) is 62.8 Å². The second-order valence-corrected chi connectivity index (χ2v) is 30.9. The third-order valence-corrected chi connectivity index (χ3v) is 23.4. The Morgan fingerprint density at radius 1 is 0.780 bits per heavy atom. The minimum absolute atomic E-state index is 0.0118. The number of carbonyl (C=O) groups is 5. The van der Waals surface area contributed by atoms with Crippen molar-refractivity contribution in [3.63, 3.8) is 0 Å². The maximum Gasteiger partial charge on any atom is 0.501 e. The molecule has 6 fully saturated rings. The Balaban J connectivity index is 0.667. The van der Waals surface area contributed by atoms with Gasteiger partial charge >= 0.3 is 5.51 Å². The number of hydrogen-bond donors (Lipinski definition) is 3. The first-order valence-corrected chi connectivity index (χ1v) is 35.1. The average Bonchev–Trinajstić information content (AvgIpc) is 1.16. The van der Waals surface area contributed by atoms with E-state index in [0.29, 0.717) is 76.6 Å². The molecule has 0 spiro atoms. The molecule has 2 bridgehead atoms. The molecule has 91 heavy (non-hydrogen) atoms. The number of fused-ring (bicyclic) bond motifs is 1. The molecule has 1 unspecified atom stereocenters. The molecule has 12 rings (SSSR count). The van der Waals surface area contributed by atoms with Gasteiger partial charge < -0.3 is 24.8 Å². The molecule has 0 radical (unpaired) electrons. The number of sulfone groups is 1. The summed E-state index contributed by atoms with van der Waals surface area (Å²) in [5.74, 6) is -2.92. The van der Waals surface area contributed by atoms with Crippen LogP contribution in [0, 0.1) is 16.2 Å². The van der Waals surface area contributed by atoms with Crippen molar-refractivity contribution < 1.29 is 67.5 Å². The number of sulfonamides is 1. The summed E-state index contributed by atoms with van der Waals surface area (Å²) in [5.41, 5.74) is -3.20. The molecule has 26 heteroatoms. The first-order chi connectivity index (χ1) is 43.2. The highest BCUT2D eigenvalue weighted by molar-refractivity contribution is 7.99. The van der Waals surface area contributed by atoms with Gasteiger partial charge in [-0.25, -0.2) is 30.3 Å². The number of anilines is 2. The van der Waals surface area contributed by atoms with E-state index in [4.69, 9.17) is 4.74 Å². The van der Waals surface area contributed by atoms with Gasteiger partial charge in [-0.3, -0.25) is 39.1 Å². The number of allylic oxidation sites excluding steroid dienone is 1. The number of ether oxygens (including phenoxy) is 1. The summed E-state index contributed by atoms with van der Waals surface area (Å²) in [4.78, 5) is 73.1. The molecule has 2 atom stereocenters. The maximum atomic E-state index is 14.5. The van der Waals surface area contributed by atoms with Crippen LogP contribution in [0.25, 0.3) is 0 Å². The van der Waals surface area contributed by atoms with Crippen molar-refractivity contribution in [3.05, 3.63) is 119 Å². The number of alkyl halides is 5. The summed E-state index contributed by atoms with van der Waals surface area (Å²) in [6.45, 7) is 12.6. The topological polar surface area (TPSA) is 215 Å². The van der Waals surface area contributed by atoms with Crippen LogP contribution in [0.5, 0.6) is 5.75 Å². The second kappa shape index (κ2) is 26.5. The van der Waals surface area contributed by atoms with Crippen LogP contribution in [0.2, 0.25) is 0 Å². The van der Waals surface area contributed by atoms with E-state index in [0.717, 1.165) is 99.0 Å². The van der Waals surface area contributed by atoms with Gasteiger partial charge in [0.15, 0.2) is 0 Å². The minimum Gasteiger partial charge on any atom is -0.493 e. The number of rotatable bonds is 25. The summed E-state index contributed by atoms with van der Waals surface area (Å²) in [6, 6.07) is 21.0. The Morgan fingerprint density at radius 3 is 2.13 bits per heavy atom. The highest BCUT2D eigenvalue weighted by Crippen LogP contribution is 2.79. The molecule has 3 saturated heterocycles. The van der Waals surface area contributed by atoms with E-state index >= 15 is 0 Å². The lowest BCUT2D eigenvalue weighted by molar-refractivity contribution is -0.250. The first kappa shape index (κ1) is 66.0. The summed E-state index contributed by atoms with van der Waals surface area (Å²) < 4.78 is 133. The van der Waals surface area contributed by atoms with Crippen molar-refractivity contribution in [2.75, 3.05) is 94.6 Å². The summed E-state index contributed by atoms with van der Waals surface area (Å²) in [5, 5.41) is 5.23. The van der Waals surface area contributed by atoms with Gasteiger partial charge in [-0.05, 0) is 155 Å². The smallest absolute Gasteiger partial charge is 0.493 e. The van der Waals surface area contributed by atoms with E-state index in [1.165, 1.54) is 41.1 Å². The summed E-state index contributed by atoms with van der Waals surface area (Å²) in [7, 11) is -11.1. The van der Waals surface area contributed by atoms with Crippen molar-refractivity contribution in [1.29, 1.82) is 0 Å². The Bertz CT molecular complexity index is 3670. The highest BCUT2D eigenvalue weighted by Gasteiger charge is 2.73. The average molecular weight is 1320 g/mol. The second-order valence-electron chi connectivity index (χ2n) is 26.2. The van der Waals surface area contributed by atoms with Crippen LogP contribution >= 0.6 is 11.8 Å². The number of nitrogens with one attached hydrogen (secondary N) is 3. The molecule has 8 aliphatic rings. The third kappa shape index (κ3) is 14.2. The SMILES string of the molecule is CC1(C)CCC(CN2CCN(c3ccc(C(=O)NS(=O)(=O)c4ccc(N[C@H](CCN5CCN(CCCCCOc6cccc7c6C(=O)N(C6CCC(=O)NC6=O)C7=O)CC5)CSc5ccccc5)c(S(=O)(=O)C(F)(F)F)c4)cc3)CC2)=C(C23CC(C(F)F)(C2)C3)C1. The fourth-order valence-electron chi connectivity index (χ4n) is 14.2. The molecule has 3 N–H and O–H groups in total. The van der Waals surface area contributed by atoms with Crippen LogP contribution in [-0.2, 0) is 29.4 Å². The van der Waals surface area contributed by atoms with Crippen LogP contribution in [0.15, 0.2) is 117 Å². The quantitative estimate of drug-likeness (QED) is 0.0185. The number of amides is 5. The molecule has 4 aromatic carbocycles. The first-order valence-electron chi connectivity index (χ1n) is 31.2. The molecule has 18 nitrogen and oxygen atoms in total. The van der Waals surface area contributed by atoms with Gasteiger partial charge in [0.05, 0.1) is 28.3 Å². The highest BCUT2D eigenvalue weighted by atomic mass is 32.2. The Hall–Kier alpha value is -6.45. The maximum absolute atomic E-state index is 14.5. The van der Waals surface area contributed by atoms with Crippen molar-refractivity contribution in [2.24, 2.45) is 16.2 Å². The van der Waals surface area contributed by atoms with Gasteiger partial charge in [-0.2, -0.15) is 13.2 Å². The number of nitrogens with zero attached hydrogens (tertiary/aromatic N) is 5. The van der Waals surface area contributed by atoms with E-state index < -0.39 is 94.3 Å². The number of hydrogen-bond acceptors (Lipinski definition) is 16. The molecule has 490 valence electrons. The van der Waals surface area contributed by atoms with E-state index in [1.807, 2.05) is 35.1 Å². The molecule has 0 aromatic heterocycles. The lowest BCUT2D eigenvalue weighted by Crippen LogP contribution is -2.66. The third-order valence-electron chi connectivity index (χ3n) is 19.3. The van der Waals surface area contributed by atoms with Gasteiger partial charge in [0.2, 0.25) is 18.2 Å². The fourth-order valence-corrected chi connectivity index (χ4v) is 17.2. The number of unbranched alkanes of at least 4 members (excludes halogenated alkanes) is 2. The molecule has 4 aliphatic carbocycles. The van der Waals surface area contributed by atoms with E-state index in [2.05, 4.69) is 44.1 Å². The monoisotopic (exact) mass is 1320 g/mol. The molecule has 3 saturated carbocycles. The molecule has 4 heterocycles. The van der Waals surface area contributed by atoms with Gasteiger partial charge in [-0.1, -0.05) is 49.3 Å². The van der Waals surface area contributed by atoms with Crippen LogP contribution in [0.1, 0.15) is 122 Å². The Kier molecular flexibility index (Phi) is 19.2. The van der Waals surface area contributed by atoms with Crippen molar-refractivity contribution >= 4 is 72.5 Å². The van der Waals surface area contributed by atoms with Gasteiger partial charge in [0.1, 0.15) is 16.7 Å². The van der Waals surface area contributed by atoms with Crippen molar-refractivity contribution in [3.8, 4) is 5.75 Å². The van der Waals surface area contributed by atoms with Gasteiger partial charge in [0.25, 0.3) is 37.6 Å². The van der Waals surface area contributed by atoms with Crippen molar-refractivity contribution in [1.82, 2.24) is 29.6 Å². The predicted molar refractivity (Wildman–Crippen MR) is 333 cm³/mol. The lowest BCUT2D eigenvalue weighted by Gasteiger charge is -2.72. The number of imide groups is 2. The number of carbonyl (C=O) groups excluding carboxylic acids is 5. The molecule has 4 aliphatic heterocycles. The van der Waals surface area contributed by atoms with Gasteiger partial charge in [-0.15, -0.1) is 11.8 Å². The zero-order chi connectivity index (χ0) is 64.7. The molecule has 4 aromatic rings. The van der Waals surface area contributed by atoms with Crippen LogP contribution in [0.4, 0.5) is 33.3 Å². The van der Waals surface area contributed by atoms with Crippen LogP contribution < -0.4 is 25.0 Å². The zero-order valence-corrected chi connectivity index (χ0v) is 53.5. The number of benzene rings is 4. The molecule has 5 amide bonds. The van der Waals surface area contributed by atoms with Gasteiger partial charge in [0, 0.05) is 105 Å². The van der Waals surface area contributed by atoms with Crippen LogP contribution in [0.3, 0.4) is 0 Å². The zero-order valence-electron chi connectivity index (χ0n) is 51.0. The minimum atomic E-state index is -6.15. The number of piperazine rings is 2. The normalized spacial score (nSPS) is 23.6. The lowest BCUT2D eigenvalue weighted by atomic mass is 9.32. The largest absolute Gasteiger partial charge is 0.501 e. The number of piperidine rings is 1.